The molecule has 3 rings (SSSR count). The third kappa shape index (κ3) is 1.72. The van der Waals surface area contributed by atoms with Crippen LogP contribution in [0.3, 0.4) is 0 Å². The predicted octanol–water partition coefficient (Wildman–Crippen LogP) is 2.51. The molecule has 0 saturated carbocycles. The monoisotopic (exact) mass is 260 g/mol. The van der Waals surface area contributed by atoms with Crippen molar-refractivity contribution in [3.8, 4) is 11.6 Å². The molecule has 0 unspecified atom stereocenters. The molecule has 6 heteroatoms. The largest absolute Gasteiger partial charge is 0.480 e. The normalized spacial score (nSPS) is 10.9. The van der Waals surface area contributed by atoms with Crippen LogP contribution < -0.4 is 4.74 Å². The molecule has 95 valence electrons. The number of hydrogen-bond acceptors (Lipinski definition) is 3. The smallest absolute Gasteiger partial charge is 0.225 e. The lowest BCUT2D eigenvalue weighted by molar-refractivity contribution is 0.403. The van der Waals surface area contributed by atoms with E-state index in [1.54, 1.807) is 6.07 Å². The summed E-state index contributed by atoms with van der Waals surface area (Å²) in [7, 11) is 1.45. The minimum absolute atomic E-state index is 0.248. The van der Waals surface area contributed by atoms with Gasteiger partial charge >= 0.3 is 0 Å². The van der Waals surface area contributed by atoms with Gasteiger partial charge < -0.3 is 4.74 Å². The SMILES string of the molecule is COc1nccc2c1[c]nn2-c1c(F)cccc1F. The van der Waals surface area contributed by atoms with E-state index < -0.39 is 11.6 Å². The number of pyridine rings is 1. The quantitative estimate of drug-likeness (QED) is 0.710. The van der Waals surface area contributed by atoms with Crippen molar-refractivity contribution in [1.82, 2.24) is 14.8 Å². The van der Waals surface area contributed by atoms with Gasteiger partial charge in [0.25, 0.3) is 0 Å². The summed E-state index contributed by atoms with van der Waals surface area (Å²) in [5.41, 5.74) is 0.220. The third-order valence-corrected chi connectivity index (χ3v) is 2.73. The Morgan fingerprint density at radius 3 is 2.63 bits per heavy atom. The zero-order chi connectivity index (χ0) is 13.4. The Labute approximate surface area is 107 Å². The van der Waals surface area contributed by atoms with Crippen LogP contribution in [-0.2, 0) is 0 Å². The molecule has 0 amide bonds. The van der Waals surface area contributed by atoms with Crippen LogP contribution in [0.2, 0.25) is 0 Å². The first kappa shape index (κ1) is 11.6. The van der Waals surface area contributed by atoms with Gasteiger partial charge in [-0.1, -0.05) is 6.07 Å². The summed E-state index contributed by atoms with van der Waals surface area (Å²) in [4.78, 5) is 3.98. The first-order chi connectivity index (χ1) is 9.22. The van der Waals surface area contributed by atoms with Crippen molar-refractivity contribution in [2.75, 3.05) is 7.11 Å². The Bertz CT molecular complexity index is 734. The standard InChI is InChI=1S/C13H8F2N3O/c1-19-13-8-7-17-18(11(8)5-6-16-13)12-9(14)3-2-4-10(12)15/h2-6H,1H3. The lowest BCUT2D eigenvalue weighted by Gasteiger charge is -2.06. The molecule has 3 aromatic rings. The summed E-state index contributed by atoms with van der Waals surface area (Å²) in [6.07, 6.45) is 4.13. The van der Waals surface area contributed by atoms with Crippen LogP contribution in [0.4, 0.5) is 8.78 Å². The molecule has 2 heterocycles. The molecule has 1 aromatic carbocycles. The van der Waals surface area contributed by atoms with E-state index in [0.29, 0.717) is 16.8 Å². The molecule has 0 aliphatic rings. The number of rotatable bonds is 2. The second-order valence-corrected chi connectivity index (χ2v) is 3.81. The molecule has 0 aliphatic heterocycles. The van der Waals surface area contributed by atoms with E-state index in [9.17, 15) is 8.78 Å². The van der Waals surface area contributed by atoms with Gasteiger partial charge in [-0.2, -0.15) is 5.10 Å². The molecule has 0 N–H and O–H groups in total. The lowest BCUT2D eigenvalue weighted by atomic mass is 10.2. The summed E-state index contributed by atoms with van der Waals surface area (Å²) in [6.45, 7) is 0. The van der Waals surface area contributed by atoms with E-state index in [4.69, 9.17) is 4.74 Å². The number of aromatic nitrogens is 3. The Morgan fingerprint density at radius 1 is 1.21 bits per heavy atom. The Kier molecular flexibility index (Phi) is 2.63. The maximum Gasteiger partial charge on any atom is 0.225 e. The van der Waals surface area contributed by atoms with Crippen molar-refractivity contribution in [3.63, 3.8) is 0 Å². The molecule has 19 heavy (non-hydrogen) atoms. The molecule has 0 saturated heterocycles. The first-order valence-electron chi connectivity index (χ1n) is 5.46. The molecule has 0 atom stereocenters. The maximum absolute atomic E-state index is 13.8. The summed E-state index contributed by atoms with van der Waals surface area (Å²) >= 11 is 0. The van der Waals surface area contributed by atoms with Crippen molar-refractivity contribution in [1.29, 1.82) is 0 Å². The second kappa shape index (κ2) is 4.31. The zero-order valence-electron chi connectivity index (χ0n) is 9.89. The molecule has 2 aromatic heterocycles. The first-order valence-corrected chi connectivity index (χ1v) is 5.46. The van der Waals surface area contributed by atoms with Gasteiger partial charge in [-0.05, 0) is 18.2 Å². The summed E-state index contributed by atoms with van der Waals surface area (Å²) in [5, 5.41) is 4.35. The predicted molar refractivity (Wildman–Crippen MR) is 64.2 cm³/mol. The number of ether oxygens (including phenoxy) is 1. The van der Waals surface area contributed by atoms with Crippen molar-refractivity contribution in [2.45, 2.75) is 0 Å². The molecule has 0 fully saturated rings. The lowest BCUT2D eigenvalue weighted by Crippen LogP contribution is -2.03. The van der Waals surface area contributed by atoms with Crippen LogP contribution in [-0.4, -0.2) is 21.9 Å². The van der Waals surface area contributed by atoms with Crippen LogP contribution in [0.5, 0.6) is 5.88 Å². The number of benzene rings is 1. The maximum atomic E-state index is 13.8. The fourth-order valence-electron chi connectivity index (χ4n) is 1.89. The average molecular weight is 260 g/mol. The number of para-hydroxylation sites is 1. The van der Waals surface area contributed by atoms with Gasteiger partial charge in [-0.15, -0.1) is 0 Å². The number of halogens is 2. The highest BCUT2D eigenvalue weighted by molar-refractivity contribution is 5.84. The zero-order valence-corrected chi connectivity index (χ0v) is 9.89. The van der Waals surface area contributed by atoms with Crippen LogP contribution in [0.15, 0.2) is 30.5 Å². The van der Waals surface area contributed by atoms with E-state index in [-0.39, 0.29) is 5.69 Å². The van der Waals surface area contributed by atoms with Gasteiger partial charge in [0.05, 0.1) is 18.0 Å². The number of hydrogen-bond donors (Lipinski definition) is 0. The van der Waals surface area contributed by atoms with Crippen LogP contribution >= 0.6 is 0 Å². The van der Waals surface area contributed by atoms with E-state index >= 15 is 0 Å². The molecule has 0 bridgehead atoms. The highest BCUT2D eigenvalue weighted by atomic mass is 19.1. The van der Waals surface area contributed by atoms with Crippen LogP contribution in [0.25, 0.3) is 16.6 Å². The minimum atomic E-state index is -0.700. The molecule has 1 radical (unpaired) electrons. The fraction of sp³-hybridized carbons (Fsp3) is 0.0769. The second-order valence-electron chi connectivity index (χ2n) is 3.81. The van der Waals surface area contributed by atoms with Crippen molar-refractivity contribution in [3.05, 3.63) is 48.3 Å². The minimum Gasteiger partial charge on any atom is -0.480 e. The molecular formula is C13H8F2N3O. The Morgan fingerprint density at radius 2 is 1.95 bits per heavy atom. The molecule has 0 spiro atoms. The van der Waals surface area contributed by atoms with E-state index in [0.717, 1.165) is 4.68 Å². The summed E-state index contributed by atoms with van der Waals surface area (Å²) in [5.74, 6) is -1.09. The van der Waals surface area contributed by atoms with E-state index in [2.05, 4.69) is 16.3 Å². The number of fused-ring (bicyclic) bond motifs is 1. The van der Waals surface area contributed by atoms with Gasteiger partial charge in [0.15, 0.2) is 11.6 Å². The summed E-state index contributed by atoms with van der Waals surface area (Å²) in [6, 6.07) is 5.23. The molecule has 0 aliphatic carbocycles. The summed E-state index contributed by atoms with van der Waals surface area (Å²) < 4.78 is 33.7. The highest BCUT2D eigenvalue weighted by Gasteiger charge is 2.16. The molecule has 4 nitrogen and oxygen atoms in total. The van der Waals surface area contributed by atoms with Gasteiger partial charge in [-0.25, -0.2) is 18.4 Å². The molecular weight excluding hydrogens is 252 g/mol. The van der Waals surface area contributed by atoms with E-state index in [1.807, 2.05) is 0 Å². The van der Waals surface area contributed by atoms with E-state index in [1.165, 1.54) is 31.5 Å². The Hall–Kier alpha value is -2.50. The third-order valence-electron chi connectivity index (χ3n) is 2.73. The van der Waals surface area contributed by atoms with Crippen LogP contribution in [0.1, 0.15) is 0 Å². The number of methoxy groups -OCH3 is 1. The van der Waals surface area contributed by atoms with Crippen molar-refractivity contribution < 1.29 is 13.5 Å². The Balaban J connectivity index is 2.33. The van der Waals surface area contributed by atoms with Gasteiger partial charge in [0.2, 0.25) is 5.88 Å². The van der Waals surface area contributed by atoms with Crippen LogP contribution in [0, 0.1) is 17.8 Å². The topological polar surface area (TPSA) is 39.9 Å². The number of nitrogens with zero attached hydrogens (tertiary/aromatic N) is 3. The van der Waals surface area contributed by atoms with Gasteiger partial charge in [0.1, 0.15) is 11.9 Å². The fourth-order valence-corrected chi connectivity index (χ4v) is 1.89. The van der Waals surface area contributed by atoms with Crippen molar-refractivity contribution in [2.24, 2.45) is 0 Å². The van der Waals surface area contributed by atoms with Crippen molar-refractivity contribution >= 4 is 10.9 Å². The average Bonchev–Trinajstić information content (AvgIpc) is 2.82. The highest BCUT2D eigenvalue weighted by Crippen LogP contribution is 2.26. The van der Waals surface area contributed by atoms with Gasteiger partial charge in [0, 0.05) is 6.20 Å². The van der Waals surface area contributed by atoms with Gasteiger partial charge in [-0.3, -0.25) is 0 Å².